The number of para-hydroxylation sites is 1. The molecule has 0 radical (unpaired) electrons. The fourth-order valence-corrected chi connectivity index (χ4v) is 1.62. The van der Waals surface area contributed by atoms with Gasteiger partial charge in [-0.25, -0.2) is 5.06 Å². The van der Waals surface area contributed by atoms with Crippen molar-refractivity contribution in [2.75, 3.05) is 14.2 Å². The maximum absolute atomic E-state index is 11.6. The zero-order valence-electron chi connectivity index (χ0n) is 10.3. The number of hydroxylamine groups is 2. The van der Waals surface area contributed by atoms with E-state index >= 15 is 0 Å². The first-order valence-corrected chi connectivity index (χ1v) is 5.56. The Kier molecular flexibility index (Phi) is 3.69. The van der Waals surface area contributed by atoms with Crippen molar-refractivity contribution in [2.45, 2.75) is 0 Å². The lowest BCUT2D eigenvalue weighted by Gasteiger charge is -2.10. The van der Waals surface area contributed by atoms with Crippen molar-refractivity contribution in [1.29, 1.82) is 0 Å². The SMILES string of the molecule is CON(C)C(=O)/C=C/c1cccc2cccnc12. The van der Waals surface area contributed by atoms with Crippen LogP contribution in [0.4, 0.5) is 0 Å². The van der Waals surface area contributed by atoms with Crippen LogP contribution in [0.1, 0.15) is 5.56 Å². The average molecular weight is 242 g/mol. The summed E-state index contributed by atoms with van der Waals surface area (Å²) in [5.74, 6) is -0.217. The fraction of sp³-hybridized carbons (Fsp3) is 0.143. The molecule has 0 atom stereocenters. The number of hydrogen-bond donors (Lipinski definition) is 0. The minimum atomic E-state index is -0.217. The lowest BCUT2D eigenvalue weighted by atomic mass is 10.1. The number of benzene rings is 1. The number of amides is 1. The van der Waals surface area contributed by atoms with Crippen LogP contribution in [0.25, 0.3) is 17.0 Å². The second kappa shape index (κ2) is 5.42. The van der Waals surface area contributed by atoms with E-state index in [2.05, 4.69) is 4.98 Å². The maximum atomic E-state index is 11.6. The Bertz CT molecular complexity index is 588. The van der Waals surface area contributed by atoms with Gasteiger partial charge in [0.15, 0.2) is 0 Å². The Hall–Kier alpha value is -2.20. The molecular formula is C14H14N2O2. The Morgan fingerprint density at radius 1 is 1.33 bits per heavy atom. The maximum Gasteiger partial charge on any atom is 0.269 e. The van der Waals surface area contributed by atoms with E-state index in [1.165, 1.54) is 13.2 Å². The van der Waals surface area contributed by atoms with Gasteiger partial charge in [0.2, 0.25) is 0 Å². The Morgan fingerprint density at radius 2 is 2.11 bits per heavy atom. The molecule has 0 N–H and O–H groups in total. The summed E-state index contributed by atoms with van der Waals surface area (Å²) in [6, 6.07) is 9.73. The van der Waals surface area contributed by atoms with Crippen molar-refractivity contribution in [2.24, 2.45) is 0 Å². The molecule has 0 aliphatic carbocycles. The van der Waals surface area contributed by atoms with E-state index < -0.39 is 0 Å². The minimum Gasteiger partial charge on any atom is -0.274 e. The molecule has 2 aromatic rings. The van der Waals surface area contributed by atoms with Crippen LogP contribution in [0.5, 0.6) is 0 Å². The predicted molar refractivity (Wildman–Crippen MR) is 70.6 cm³/mol. The second-order valence-electron chi connectivity index (χ2n) is 3.77. The van der Waals surface area contributed by atoms with Gasteiger partial charge in [-0.2, -0.15) is 0 Å². The molecule has 0 saturated carbocycles. The zero-order valence-corrected chi connectivity index (χ0v) is 10.3. The molecule has 18 heavy (non-hydrogen) atoms. The number of fused-ring (bicyclic) bond motifs is 1. The van der Waals surface area contributed by atoms with Gasteiger partial charge in [-0.15, -0.1) is 0 Å². The monoisotopic (exact) mass is 242 g/mol. The van der Waals surface area contributed by atoms with Crippen LogP contribution in [-0.4, -0.2) is 30.1 Å². The summed E-state index contributed by atoms with van der Waals surface area (Å²) in [4.78, 5) is 20.7. The van der Waals surface area contributed by atoms with Crippen molar-refractivity contribution in [3.05, 3.63) is 48.2 Å². The summed E-state index contributed by atoms with van der Waals surface area (Å²) in [6.07, 6.45) is 4.95. The first kappa shape index (κ1) is 12.3. The van der Waals surface area contributed by atoms with Crippen molar-refractivity contribution in [1.82, 2.24) is 10.0 Å². The van der Waals surface area contributed by atoms with Gasteiger partial charge < -0.3 is 0 Å². The van der Waals surface area contributed by atoms with E-state index in [1.54, 1.807) is 19.3 Å². The Labute approximate surface area is 105 Å². The number of carbonyl (C=O) groups is 1. The van der Waals surface area contributed by atoms with E-state index in [0.717, 1.165) is 21.5 Å². The van der Waals surface area contributed by atoms with Gasteiger partial charge in [0.1, 0.15) is 0 Å². The first-order valence-electron chi connectivity index (χ1n) is 5.56. The van der Waals surface area contributed by atoms with Crippen LogP contribution in [0, 0.1) is 0 Å². The van der Waals surface area contributed by atoms with Crippen LogP contribution < -0.4 is 0 Å². The van der Waals surface area contributed by atoms with Crippen molar-refractivity contribution in [3.63, 3.8) is 0 Å². The lowest BCUT2D eigenvalue weighted by molar-refractivity contribution is -0.162. The highest BCUT2D eigenvalue weighted by molar-refractivity contribution is 5.94. The quantitative estimate of drug-likeness (QED) is 0.612. The molecule has 0 unspecified atom stereocenters. The van der Waals surface area contributed by atoms with E-state index in [9.17, 15) is 4.79 Å². The summed E-state index contributed by atoms with van der Waals surface area (Å²) in [7, 11) is 3.01. The van der Waals surface area contributed by atoms with E-state index in [1.807, 2.05) is 30.3 Å². The normalized spacial score (nSPS) is 11.0. The average Bonchev–Trinajstić information content (AvgIpc) is 2.43. The number of aromatic nitrogens is 1. The molecule has 1 heterocycles. The van der Waals surface area contributed by atoms with Crippen LogP contribution in [0.15, 0.2) is 42.6 Å². The summed E-state index contributed by atoms with van der Waals surface area (Å²) in [5.41, 5.74) is 1.79. The van der Waals surface area contributed by atoms with Crippen molar-refractivity contribution >= 4 is 22.9 Å². The number of carbonyl (C=O) groups excluding carboxylic acids is 1. The van der Waals surface area contributed by atoms with Gasteiger partial charge in [-0.05, 0) is 12.1 Å². The number of pyridine rings is 1. The molecule has 92 valence electrons. The number of nitrogens with zero attached hydrogens (tertiary/aromatic N) is 2. The van der Waals surface area contributed by atoms with Crippen LogP contribution in [0.2, 0.25) is 0 Å². The summed E-state index contributed by atoms with van der Waals surface area (Å²) in [5, 5.41) is 2.21. The van der Waals surface area contributed by atoms with Crippen LogP contribution >= 0.6 is 0 Å². The molecular weight excluding hydrogens is 228 g/mol. The number of rotatable bonds is 3. The molecule has 0 spiro atoms. The molecule has 0 saturated heterocycles. The highest BCUT2D eigenvalue weighted by atomic mass is 16.7. The number of likely N-dealkylation sites (N-methyl/N-ethyl adjacent to an activating group) is 1. The van der Waals surface area contributed by atoms with Crippen molar-refractivity contribution < 1.29 is 9.63 Å². The number of hydrogen-bond acceptors (Lipinski definition) is 3. The third-order valence-corrected chi connectivity index (χ3v) is 2.65. The Morgan fingerprint density at radius 3 is 2.89 bits per heavy atom. The molecule has 1 amide bonds. The van der Waals surface area contributed by atoms with E-state index in [-0.39, 0.29) is 5.91 Å². The smallest absolute Gasteiger partial charge is 0.269 e. The van der Waals surface area contributed by atoms with Gasteiger partial charge in [0.05, 0.1) is 12.6 Å². The first-order chi connectivity index (χ1) is 8.72. The molecule has 0 aliphatic rings. The van der Waals surface area contributed by atoms with Gasteiger partial charge in [-0.1, -0.05) is 24.3 Å². The largest absolute Gasteiger partial charge is 0.274 e. The van der Waals surface area contributed by atoms with Gasteiger partial charge >= 0.3 is 0 Å². The summed E-state index contributed by atoms with van der Waals surface area (Å²) < 4.78 is 0. The molecule has 1 aromatic heterocycles. The third kappa shape index (κ3) is 2.55. The fourth-order valence-electron chi connectivity index (χ4n) is 1.62. The molecule has 0 fully saturated rings. The van der Waals surface area contributed by atoms with Crippen LogP contribution in [-0.2, 0) is 9.63 Å². The molecule has 4 heteroatoms. The molecule has 1 aromatic carbocycles. The minimum absolute atomic E-state index is 0.217. The predicted octanol–water partition coefficient (Wildman–Crippen LogP) is 2.27. The molecule has 0 bridgehead atoms. The third-order valence-electron chi connectivity index (χ3n) is 2.65. The summed E-state index contributed by atoms with van der Waals surface area (Å²) >= 11 is 0. The van der Waals surface area contributed by atoms with Crippen LogP contribution in [0.3, 0.4) is 0 Å². The molecule has 0 aliphatic heterocycles. The zero-order chi connectivity index (χ0) is 13.0. The van der Waals surface area contributed by atoms with Gasteiger partial charge in [0, 0.05) is 30.3 Å². The molecule has 4 nitrogen and oxygen atoms in total. The highest BCUT2D eigenvalue weighted by Crippen LogP contribution is 2.17. The summed E-state index contributed by atoms with van der Waals surface area (Å²) in [6.45, 7) is 0. The Balaban J connectivity index is 2.32. The standard InChI is InChI=1S/C14H14N2O2/c1-16(18-2)13(17)9-8-12-6-3-5-11-7-4-10-15-14(11)12/h3-10H,1-2H3/b9-8+. The van der Waals surface area contributed by atoms with Gasteiger partial charge in [0.25, 0.3) is 5.91 Å². The van der Waals surface area contributed by atoms with E-state index in [0.29, 0.717) is 0 Å². The van der Waals surface area contributed by atoms with E-state index in [4.69, 9.17) is 4.84 Å². The topological polar surface area (TPSA) is 42.4 Å². The lowest BCUT2D eigenvalue weighted by Crippen LogP contribution is -2.22. The second-order valence-corrected chi connectivity index (χ2v) is 3.77. The van der Waals surface area contributed by atoms with Gasteiger partial charge in [-0.3, -0.25) is 14.6 Å². The van der Waals surface area contributed by atoms with Crippen molar-refractivity contribution in [3.8, 4) is 0 Å². The highest BCUT2D eigenvalue weighted by Gasteiger charge is 2.03. The molecule has 2 rings (SSSR count).